The summed E-state index contributed by atoms with van der Waals surface area (Å²) in [5.41, 5.74) is 5.32. The van der Waals surface area contributed by atoms with Gasteiger partial charge in [0.25, 0.3) is 0 Å². The summed E-state index contributed by atoms with van der Waals surface area (Å²) in [5, 5.41) is 8.89. The van der Waals surface area contributed by atoms with Gasteiger partial charge >= 0.3 is 25.7 Å². The first-order valence-corrected chi connectivity index (χ1v) is 24.8. The van der Waals surface area contributed by atoms with Gasteiger partial charge in [0, 0.05) is 19.3 Å². The number of carboxylic acid groups (broad SMARTS) is 1. The van der Waals surface area contributed by atoms with Gasteiger partial charge in [-0.2, -0.15) is 0 Å². The lowest BCUT2D eigenvalue weighted by Crippen LogP contribution is -2.34. The number of unbranched alkanes of at least 4 members (excludes halogenated alkanes) is 18. The second-order valence-electron chi connectivity index (χ2n) is 15.6. The lowest BCUT2D eigenvalue weighted by atomic mass is 10.1. The van der Waals surface area contributed by atoms with E-state index in [1.807, 2.05) is 6.08 Å². The highest BCUT2D eigenvalue weighted by Gasteiger charge is 2.28. The Bertz CT molecular complexity index is 1330. The van der Waals surface area contributed by atoms with Crippen molar-refractivity contribution in [1.82, 2.24) is 0 Å². The summed E-state index contributed by atoms with van der Waals surface area (Å²) in [6.45, 7) is 2.53. The van der Waals surface area contributed by atoms with Crippen molar-refractivity contribution in [2.24, 2.45) is 5.73 Å². The van der Waals surface area contributed by atoms with Gasteiger partial charge in [0.15, 0.2) is 11.9 Å². The Hall–Kier alpha value is -3.15. The number of rotatable bonds is 43. The van der Waals surface area contributed by atoms with E-state index in [1.165, 1.54) is 102 Å². The predicted molar refractivity (Wildman–Crippen MR) is 245 cm³/mol. The van der Waals surface area contributed by atoms with Crippen LogP contribution in [0.4, 0.5) is 0 Å². The van der Waals surface area contributed by atoms with Crippen LogP contribution in [0.2, 0.25) is 0 Å². The number of ether oxygens (including phenoxy) is 2. The summed E-state index contributed by atoms with van der Waals surface area (Å²) in [7, 11) is -4.79. The maximum absolute atomic E-state index is 12.6. The van der Waals surface area contributed by atoms with Crippen LogP contribution in [-0.4, -0.2) is 65.7 Å². The van der Waals surface area contributed by atoms with Gasteiger partial charge in [0.2, 0.25) is 0 Å². The van der Waals surface area contributed by atoms with Crippen molar-refractivity contribution in [3.63, 3.8) is 0 Å². The number of hydrogen-bond acceptors (Lipinski definition) is 10. The smallest absolute Gasteiger partial charge is 0.472 e. The molecule has 0 amide bonds. The van der Waals surface area contributed by atoms with Crippen molar-refractivity contribution in [2.75, 3.05) is 19.8 Å². The molecular weight excluding hydrogens is 797 g/mol. The van der Waals surface area contributed by atoms with Gasteiger partial charge in [-0.1, -0.05) is 158 Å². The highest BCUT2D eigenvalue weighted by atomic mass is 31.2. The van der Waals surface area contributed by atoms with Gasteiger partial charge in [-0.05, 0) is 70.3 Å². The van der Waals surface area contributed by atoms with Crippen molar-refractivity contribution in [1.29, 1.82) is 0 Å². The second kappa shape index (κ2) is 42.2. The van der Waals surface area contributed by atoms with E-state index in [0.29, 0.717) is 6.42 Å². The summed E-state index contributed by atoms with van der Waals surface area (Å²) >= 11 is 0. The maximum Gasteiger partial charge on any atom is 0.472 e. The van der Waals surface area contributed by atoms with E-state index in [0.717, 1.165) is 44.9 Å². The van der Waals surface area contributed by atoms with Gasteiger partial charge in [-0.25, -0.2) is 4.57 Å². The van der Waals surface area contributed by atoms with E-state index in [1.54, 1.807) is 12.2 Å². The molecule has 0 heterocycles. The van der Waals surface area contributed by atoms with Crippen LogP contribution in [0.5, 0.6) is 0 Å². The molecule has 0 fully saturated rings. The van der Waals surface area contributed by atoms with Crippen LogP contribution >= 0.6 is 7.82 Å². The third-order valence-corrected chi connectivity index (χ3v) is 10.7. The molecule has 0 aromatic rings. The molecule has 0 spiro atoms. The Morgan fingerprint density at radius 2 is 1.03 bits per heavy atom. The zero-order valence-electron chi connectivity index (χ0n) is 37.7. The molecule has 1 unspecified atom stereocenters. The fraction of sp³-hybridized carbons (Fsp3) is 0.708. The topological polar surface area (TPSA) is 189 Å². The number of phosphoric acid groups is 1. The van der Waals surface area contributed by atoms with Crippen molar-refractivity contribution in [2.45, 2.75) is 199 Å². The molecule has 0 aliphatic heterocycles. The molecule has 0 aliphatic rings. The molecule has 61 heavy (non-hydrogen) atoms. The molecule has 12 nitrogen and oxygen atoms in total. The summed E-state index contributed by atoms with van der Waals surface area (Å²) in [4.78, 5) is 58.3. The van der Waals surface area contributed by atoms with Crippen LogP contribution in [0.3, 0.4) is 0 Å². The van der Waals surface area contributed by atoms with Gasteiger partial charge in [0.05, 0.1) is 13.2 Å². The molecule has 0 rings (SSSR count). The van der Waals surface area contributed by atoms with Crippen LogP contribution in [0.1, 0.15) is 187 Å². The third kappa shape index (κ3) is 42.0. The van der Waals surface area contributed by atoms with E-state index in [-0.39, 0.29) is 31.5 Å². The van der Waals surface area contributed by atoms with Crippen LogP contribution in [0.25, 0.3) is 0 Å². The monoisotopic (exact) mass is 880 g/mol. The normalized spacial score (nSPS) is 14.1. The van der Waals surface area contributed by atoms with Gasteiger partial charge in [-0.3, -0.25) is 28.2 Å². The Balaban J connectivity index is 4.50. The number of hydrogen-bond donors (Lipinski definition) is 3. The fourth-order valence-corrected chi connectivity index (χ4v) is 6.79. The number of ketones is 1. The van der Waals surface area contributed by atoms with E-state index < -0.39 is 57.7 Å². The molecule has 0 aromatic heterocycles. The molecule has 0 radical (unpaired) electrons. The van der Waals surface area contributed by atoms with Gasteiger partial charge in [0.1, 0.15) is 12.6 Å². The molecule has 350 valence electrons. The minimum absolute atomic E-state index is 0.0981. The average molecular weight is 880 g/mol. The van der Waals surface area contributed by atoms with Gasteiger partial charge in [-0.15, -0.1) is 0 Å². The number of aliphatic carboxylic acids is 1. The second-order valence-corrected chi connectivity index (χ2v) is 17.0. The number of esters is 2. The molecule has 13 heteroatoms. The van der Waals surface area contributed by atoms with Crippen molar-refractivity contribution in [3.05, 3.63) is 60.8 Å². The van der Waals surface area contributed by atoms with Crippen molar-refractivity contribution in [3.8, 4) is 0 Å². The number of carboxylic acids is 1. The largest absolute Gasteiger partial charge is 0.480 e. The molecule has 0 aliphatic carbocycles. The molecule has 0 saturated heterocycles. The van der Waals surface area contributed by atoms with Gasteiger partial charge < -0.3 is 25.2 Å². The maximum atomic E-state index is 12.6. The summed E-state index contributed by atoms with van der Waals surface area (Å²) in [6, 6.07) is -1.56. The third-order valence-electron chi connectivity index (χ3n) is 9.71. The number of carbonyl (C=O) groups excluding carboxylic acids is 3. The minimum atomic E-state index is -4.79. The molecule has 3 atom stereocenters. The lowest BCUT2D eigenvalue weighted by molar-refractivity contribution is -0.161. The number of phosphoric ester groups is 1. The standard InChI is InChI=1S/C48H82NO11P/c1-3-5-7-9-11-13-15-17-18-19-20-21-22-24-26-28-30-32-34-38-46(51)57-40-44(41-58-61(55,56)59-42-45(49)48(53)54)60-47(52)39-35-37-43(50)36-33-31-29-27-25-23-16-14-12-10-8-6-4-2/h12,14,17-18,23,25,29,31,33,36,44-45H,3-11,13,15-16,19-22,24,26-28,30,32,34-35,37-42,49H2,1-2H3,(H,53,54)(H,55,56)/b14-12-,18-17-,25-23-,31-29-,36-33+/t44-,45+/m1/s1. The fourth-order valence-electron chi connectivity index (χ4n) is 6.01. The summed E-state index contributed by atoms with van der Waals surface area (Å²) in [6.07, 6.45) is 45.8. The van der Waals surface area contributed by atoms with Crippen LogP contribution in [0, 0.1) is 0 Å². The number of allylic oxidation sites excluding steroid dienone is 10. The highest BCUT2D eigenvalue weighted by Crippen LogP contribution is 2.43. The molecule has 4 N–H and O–H groups in total. The number of carbonyl (C=O) groups is 4. The predicted octanol–water partition coefficient (Wildman–Crippen LogP) is 11.9. The summed E-state index contributed by atoms with van der Waals surface area (Å²) in [5.74, 6) is -2.83. The van der Waals surface area contributed by atoms with E-state index >= 15 is 0 Å². The Labute approximate surface area is 368 Å². The van der Waals surface area contributed by atoms with E-state index in [2.05, 4.69) is 54.8 Å². The molecule has 0 aromatic carbocycles. The van der Waals surface area contributed by atoms with E-state index in [4.69, 9.17) is 24.8 Å². The zero-order valence-corrected chi connectivity index (χ0v) is 38.6. The molecule has 0 bridgehead atoms. The van der Waals surface area contributed by atoms with Crippen molar-refractivity contribution >= 4 is 31.5 Å². The first-order valence-electron chi connectivity index (χ1n) is 23.3. The molecule has 0 saturated carbocycles. The Morgan fingerprint density at radius 1 is 0.557 bits per heavy atom. The number of nitrogens with two attached hydrogens (primary N) is 1. The molecular formula is C48H82NO11P. The SMILES string of the molecule is CCCCC/C=C\C/C=C\C/C=C\C=C\C(=O)CCCC(=O)O[C@H](COC(=O)CCCCCCCCCCC/C=C\CCCCCCCC)COP(=O)(O)OC[C@H](N)C(=O)O. The average Bonchev–Trinajstić information content (AvgIpc) is 3.23. The Morgan fingerprint density at radius 3 is 1.64 bits per heavy atom. The van der Waals surface area contributed by atoms with E-state index in [9.17, 15) is 28.6 Å². The Kier molecular flexibility index (Phi) is 40.0. The minimum Gasteiger partial charge on any atom is -0.480 e. The van der Waals surface area contributed by atoms with Crippen LogP contribution in [-0.2, 0) is 42.3 Å². The highest BCUT2D eigenvalue weighted by molar-refractivity contribution is 7.47. The van der Waals surface area contributed by atoms with Crippen molar-refractivity contribution < 1.29 is 52.3 Å². The first kappa shape index (κ1) is 57.9. The zero-order chi connectivity index (χ0) is 45.1. The summed E-state index contributed by atoms with van der Waals surface area (Å²) < 4.78 is 32.5. The van der Waals surface area contributed by atoms with Crippen LogP contribution < -0.4 is 5.73 Å². The first-order chi connectivity index (χ1) is 29.5. The van der Waals surface area contributed by atoms with Crippen LogP contribution in [0.15, 0.2) is 60.8 Å². The lowest BCUT2D eigenvalue weighted by Gasteiger charge is -2.20. The quantitative estimate of drug-likeness (QED) is 0.0131.